The molecule has 0 atom stereocenters. The van der Waals surface area contributed by atoms with Gasteiger partial charge in [-0.15, -0.1) is 0 Å². The van der Waals surface area contributed by atoms with Gasteiger partial charge in [-0.25, -0.2) is 9.97 Å². The Kier molecular flexibility index (Phi) is 6.93. The number of hydrogen-bond acceptors (Lipinski definition) is 5. The average Bonchev–Trinajstić information content (AvgIpc) is 3.02. The van der Waals surface area contributed by atoms with Crippen LogP contribution in [0.2, 0.25) is 0 Å². The van der Waals surface area contributed by atoms with Crippen molar-refractivity contribution < 1.29 is 11.4 Å². The molecular formula is C36H27AlN2O3. The van der Waals surface area contributed by atoms with Gasteiger partial charge in [0.1, 0.15) is 28.3 Å². The largest absolute Gasteiger partial charge is 1.20 e. The molecule has 0 saturated carbocycles. The number of benzene rings is 5. The minimum Gasteiger partial charge on any atom is -0.576 e. The van der Waals surface area contributed by atoms with Gasteiger partial charge < -0.3 is 11.4 Å². The zero-order valence-electron chi connectivity index (χ0n) is 23.3. The Morgan fingerprint density at radius 2 is 1.02 bits per heavy atom. The molecular weight excluding hydrogens is 535 g/mol. The lowest BCUT2D eigenvalue weighted by molar-refractivity contribution is 0.312. The van der Waals surface area contributed by atoms with Gasteiger partial charge in [-0.3, -0.25) is 0 Å². The summed E-state index contributed by atoms with van der Waals surface area (Å²) in [6.45, 7) is 3.95. The molecule has 0 saturated heterocycles. The molecule has 2 heterocycles. The lowest BCUT2D eigenvalue weighted by atomic mass is 10.00. The topological polar surface area (TPSA) is 53.5 Å². The maximum Gasteiger partial charge on any atom is 1.20 e. The van der Waals surface area contributed by atoms with Crippen LogP contribution in [0.15, 0.2) is 127 Å². The van der Waals surface area contributed by atoms with Crippen LogP contribution in [0.5, 0.6) is 17.2 Å². The summed E-state index contributed by atoms with van der Waals surface area (Å²) >= 11 is -3.00. The first-order valence-electron chi connectivity index (χ1n) is 13.9. The van der Waals surface area contributed by atoms with Crippen molar-refractivity contribution in [3.05, 3.63) is 139 Å². The minimum atomic E-state index is -3.00. The van der Waals surface area contributed by atoms with Crippen molar-refractivity contribution in [3.8, 4) is 28.4 Å². The highest BCUT2D eigenvalue weighted by atomic mass is 27.3. The number of aromatic nitrogens is 2. The van der Waals surface area contributed by atoms with E-state index in [1.807, 2.05) is 92.7 Å². The second-order valence-electron chi connectivity index (χ2n) is 10.2. The summed E-state index contributed by atoms with van der Waals surface area (Å²) in [5, 5.41) is 4.04. The number of rotatable bonds is 7. The van der Waals surface area contributed by atoms with Crippen molar-refractivity contribution in [2.24, 2.45) is 0 Å². The smallest absolute Gasteiger partial charge is 0.576 e. The summed E-state index contributed by atoms with van der Waals surface area (Å²) < 4.78 is 20.3. The van der Waals surface area contributed by atoms with Crippen LogP contribution in [0, 0.1) is 13.8 Å². The summed E-state index contributed by atoms with van der Waals surface area (Å²) in [6.07, 6.45) is 0. The van der Waals surface area contributed by atoms with Crippen molar-refractivity contribution in [2.45, 2.75) is 13.8 Å². The zero-order valence-corrected chi connectivity index (χ0v) is 24.5. The summed E-state index contributed by atoms with van der Waals surface area (Å²) in [4.78, 5) is 9.59. The molecule has 0 unspecified atom stereocenters. The fourth-order valence-electron chi connectivity index (χ4n) is 5.22. The Balaban J connectivity index is 1.38. The first-order chi connectivity index (χ1) is 20.6. The van der Waals surface area contributed by atoms with Crippen LogP contribution in [0.1, 0.15) is 11.4 Å². The van der Waals surface area contributed by atoms with Gasteiger partial charge in [-0.05, 0) is 49.1 Å². The number of para-hydroxylation sites is 2. The van der Waals surface area contributed by atoms with E-state index < -0.39 is 15.1 Å². The van der Waals surface area contributed by atoms with E-state index in [1.54, 1.807) is 0 Å². The Hall–Kier alpha value is -4.89. The summed E-state index contributed by atoms with van der Waals surface area (Å²) in [5.41, 5.74) is 5.39. The van der Waals surface area contributed by atoms with Crippen molar-refractivity contribution in [3.63, 3.8) is 0 Å². The Labute approximate surface area is 249 Å². The van der Waals surface area contributed by atoms with E-state index in [9.17, 15) is 0 Å². The Bertz CT molecular complexity index is 1980. The molecule has 5 nitrogen and oxygen atoms in total. The predicted octanol–water partition coefficient (Wildman–Crippen LogP) is 8.74. The molecule has 0 bridgehead atoms. The SMILES string of the molecule is Cc1ccc2cccc([O][Al]([O]c3c(-c4ccccc4)ccc4ccccc34)[O]c3cccc4ccc(C)nc34)c2n1. The highest BCUT2D eigenvalue weighted by molar-refractivity contribution is 6.40. The Morgan fingerprint density at radius 3 is 1.67 bits per heavy atom. The van der Waals surface area contributed by atoms with E-state index in [4.69, 9.17) is 21.3 Å². The quantitative estimate of drug-likeness (QED) is 0.182. The van der Waals surface area contributed by atoms with E-state index in [0.717, 1.165) is 60.8 Å². The fourth-order valence-corrected chi connectivity index (χ4v) is 6.60. The molecule has 0 aliphatic rings. The number of aryl methyl sites for hydroxylation is 2. The molecule has 42 heavy (non-hydrogen) atoms. The first-order valence-corrected chi connectivity index (χ1v) is 15.3. The van der Waals surface area contributed by atoms with Crippen LogP contribution in [0.25, 0.3) is 43.7 Å². The fraction of sp³-hybridized carbons (Fsp3) is 0.0556. The summed E-state index contributed by atoms with van der Waals surface area (Å²) in [5.74, 6) is 1.97. The molecule has 5 aromatic carbocycles. The predicted molar refractivity (Wildman–Crippen MR) is 170 cm³/mol. The van der Waals surface area contributed by atoms with Crippen LogP contribution >= 0.6 is 0 Å². The summed E-state index contributed by atoms with van der Waals surface area (Å²) in [7, 11) is 0. The summed E-state index contributed by atoms with van der Waals surface area (Å²) in [6, 6.07) is 42.7. The third-order valence-corrected chi connectivity index (χ3v) is 8.59. The van der Waals surface area contributed by atoms with E-state index in [2.05, 4.69) is 48.5 Å². The van der Waals surface area contributed by atoms with Gasteiger partial charge >= 0.3 is 15.1 Å². The minimum absolute atomic E-state index is 0.624. The normalized spacial score (nSPS) is 11.1. The molecule has 0 N–H and O–H groups in total. The van der Waals surface area contributed by atoms with E-state index in [1.165, 1.54) is 0 Å². The number of fused-ring (bicyclic) bond motifs is 3. The van der Waals surface area contributed by atoms with Gasteiger partial charge in [0.05, 0.1) is 0 Å². The van der Waals surface area contributed by atoms with Crippen molar-refractivity contribution in [2.75, 3.05) is 0 Å². The average molecular weight is 563 g/mol. The second kappa shape index (κ2) is 11.2. The van der Waals surface area contributed by atoms with Crippen LogP contribution in [0.4, 0.5) is 0 Å². The van der Waals surface area contributed by atoms with Crippen molar-refractivity contribution in [1.82, 2.24) is 9.97 Å². The second-order valence-corrected chi connectivity index (χ2v) is 11.5. The van der Waals surface area contributed by atoms with Crippen LogP contribution in [-0.4, -0.2) is 25.1 Å². The number of pyridine rings is 2. The van der Waals surface area contributed by atoms with E-state index in [-0.39, 0.29) is 0 Å². The van der Waals surface area contributed by atoms with Gasteiger partial charge in [0.2, 0.25) is 0 Å². The lowest BCUT2D eigenvalue weighted by Crippen LogP contribution is -2.37. The first kappa shape index (κ1) is 26.0. The van der Waals surface area contributed by atoms with E-state index in [0.29, 0.717) is 11.5 Å². The number of hydrogen-bond donors (Lipinski definition) is 0. The highest BCUT2D eigenvalue weighted by Crippen LogP contribution is 2.38. The molecule has 0 amide bonds. The van der Waals surface area contributed by atoms with Crippen LogP contribution < -0.4 is 11.4 Å². The third-order valence-electron chi connectivity index (χ3n) is 7.27. The van der Waals surface area contributed by atoms with Gasteiger partial charge in [-0.1, -0.05) is 103 Å². The lowest BCUT2D eigenvalue weighted by Gasteiger charge is -2.21. The maximum atomic E-state index is 6.92. The molecule has 202 valence electrons. The molecule has 7 aromatic rings. The monoisotopic (exact) mass is 562 g/mol. The highest BCUT2D eigenvalue weighted by Gasteiger charge is 2.46. The van der Waals surface area contributed by atoms with Crippen molar-refractivity contribution in [1.29, 1.82) is 0 Å². The van der Waals surface area contributed by atoms with Gasteiger partial charge in [0, 0.05) is 33.1 Å². The third kappa shape index (κ3) is 5.15. The van der Waals surface area contributed by atoms with Gasteiger partial charge in [0.25, 0.3) is 0 Å². The molecule has 0 aliphatic carbocycles. The van der Waals surface area contributed by atoms with Crippen LogP contribution in [-0.2, 0) is 0 Å². The van der Waals surface area contributed by atoms with Crippen molar-refractivity contribution >= 4 is 47.7 Å². The zero-order chi connectivity index (χ0) is 28.5. The molecule has 0 radical (unpaired) electrons. The Morgan fingerprint density at radius 1 is 0.476 bits per heavy atom. The number of nitrogens with zero attached hydrogens (tertiary/aromatic N) is 2. The standard InChI is InChI=1S/C16H12O.2C10H9NO.Al/c17-16-14-9-5-4-8-13(14)10-11-15(16)12-6-2-1-3-7-12;2*1-7-5-6-8-3-2-4-9(12)10(8)11-7;/h1-11,17H;2*2-6,12H,1H3;/q;;;+3/p-3. The maximum absolute atomic E-state index is 6.92. The molecule has 2 aromatic heterocycles. The van der Waals surface area contributed by atoms with Crippen LogP contribution in [0.3, 0.4) is 0 Å². The molecule has 6 heteroatoms. The van der Waals surface area contributed by atoms with Gasteiger partial charge in [0.15, 0.2) is 0 Å². The molecule has 0 fully saturated rings. The molecule has 0 spiro atoms. The van der Waals surface area contributed by atoms with Gasteiger partial charge in [-0.2, -0.15) is 0 Å². The van der Waals surface area contributed by atoms with E-state index >= 15 is 0 Å². The molecule has 7 rings (SSSR count). The molecule has 0 aliphatic heterocycles.